The van der Waals surface area contributed by atoms with Gasteiger partial charge in [0.05, 0.1) is 0 Å². The molecule has 5 heteroatoms. The van der Waals surface area contributed by atoms with Crippen molar-refractivity contribution in [2.24, 2.45) is 0 Å². The number of carbonyl (C=O) groups excluding carboxylic acids is 1. The fourth-order valence-electron chi connectivity index (χ4n) is 2.08. The number of hydrogen-bond donors (Lipinski definition) is 3. The Morgan fingerprint density at radius 1 is 1.33 bits per heavy atom. The summed E-state index contributed by atoms with van der Waals surface area (Å²) in [5, 5.41) is 21.2. The minimum Gasteiger partial charge on any atom is -0.508 e. The number of carboxylic acids is 1. The second-order valence-corrected chi connectivity index (χ2v) is 4.64. The van der Waals surface area contributed by atoms with Crippen molar-refractivity contribution in [3.63, 3.8) is 0 Å². The first-order valence-corrected chi connectivity index (χ1v) is 5.81. The van der Waals surface area contributed by atoms with Crippen LogP contribution >= 0.6 is 0 Å². The van der Waals surface area contributed by atoms with Crippen LogP contribution in [0.2, 0.25) is 0 Å². The summed E-state index contributed by atoms with van der Waals surface area (Å²) in [6, 6.07) is 4.62. The summed E-state index contributed by atoms with van der Waals surface area (Å²) in [7, 11) is 0. The van der Waals surface area contributed by atoms with Gasteiger partial charge in [0.1, 0.15) is 11.3 Å². The van der Waals surface area contributed by atoms with E-state index in [0.29, 0.717) is 24.0 Å². The molecule has 0 bridgehead atoms. The maximum atomic E-state index is 12.0. The molecule has 1 aliphatic carbocycles. The fraction of sp³-hybridized carbons (Fsp3) is 0.385. The Hall–Kier alpha value is -2.04. The van der Waals surface area contributed by atoms with Crippen LogP contribution in [0.5, 0.6) is 5.75 Å². The van der Waals surface area contributed by atoms with Crippen molar-refractivity contribution in [2.75, 3.05) is 0 Å². The first-order valence-electron chi connectivity index (χ1n) is 5.81. The number of aliphatic carboxylic acids is 1. The normalized spacial score (nSPS) is 16.7. The highest BCUT2D eigenvalue weighted by Gasteiger charge is 2.45. The third kappa shape index (κ3) is 1.92. The Kier molecular flexibility index (Phi) is 2.98. The molecule has 3 N–H and O–H groups in total. The van der Waals surface area contributed by atoms with Gasteiger partial charge in [-0.05, 0) is 38.3 Å². The molecule has 5 nitrogen and oxygen atoms in total. The molecule has 1 fully saturated rings. The third-order valence-corrected chi connectivity index (χ3v) is 3.52. The number of phenols is 1. The maximum Gasteiger partial charge on any atom is 0.329 e. The molecule has 2 rings (SSSR count). The summed E-state index contributed by atoms with van der Waals surface area (Å²) in [5.74, 6) is -1.42. The van der Waals surface area contributed by atoms with Gasteiger partial charge in [-0.15, -0.1) is 0 Å². The molecule has 1 amide bonds. The van der Waals surface area contributed by atoms with Crippen LogP contribution in [0.4, 0.5) is 0 Å². The van der Waals surface area contributed by atoms with E-state index in [-0.39, 0.29) is 5.75 Å². The summed E-state index contributed by atoms with van der Waals surface area (Å²) in [6.45, 7) is 1.62. The average molecular weight is 249 g/mol. The maximum absolute atomic E-state index is 12.0. The molecule has 1 aromatic carbocycles. The van der Waals surface area contributed by atoms with Gasteiger partial charge in [-0.2, -0.15) is 0 Å². The van der Waals surface area contributed by atoms with Gasteiger partial charge in [-0.25, -0.2) is 4.79 Å². The number of carboxylic acid groups (broad SMARTS) is 1. The highest BCUT2D eigenvalue weighted by atomic mass is 16.4. The lowest BCUT2D eigenvalue weighted by molar-refractivity contribution is -0.148. The van der Waals surface area contributed by atoms with Gasteiger partial charge < -0.3 is 15.5 Å². The number of hydrogen-bond acceptors (Lipinski definition) is 3. The quantitative estimate of drug-likeness (QED) is 0.756. The molecule has 0 heterocycles. The molecular formula is C13H15NO4. The lowest BCUT2D eigenvalue weighted by Crippen LogP contribution is -2.59. The smallest absolute Gasteiger partial charge is 0.329 e. The Morgan fingerprint density at radius 3 is 2.50 bits per heavy atom. The molecule has 0 saturated heterocycles. The van der Waals surface area contributed by atoms with Gasteiger partial charge in [-0.3, -0.25) is 4.79 Å². The molecule has 1 aliphatic rings. The lowest BCUT2D eigenvalue weighted by atomic mass is 9.76. The number of rotatable bonds is 3. The Balaban J connectivity index is 2.22. The zero-order valence-corrected chi connectivity index (χ0v) is 10.1. The second-order valence-electron chi connectivity index (χ2n) is 4.64. The molecule has 0 atom stereocenters. The summed E-state index contributed by atoms with van der Waals surface area (Å²) in [5.41, 5.74) is -0.369. The van der Waals surface area contributed by atoms with Crippen LogP contribution < -0.4 is 5.32 Å². The predicted molar refractivity (Wildman–Crippen MR) is 64.5 cm³/mol. The van der Waals surface area contributed by atoms with E-state index in [2.05, 4.69) is 5.32 Å². The molecule has 0 radical (unpaired) electrons. The van der Waals surface area contributed by atoms with Crippen LogP contribution in [0.15, 0.2) is 18.2 Å². The average Bonchev–Trinajstić information content (AvgIpc) is 2.26. The van der Waals surface area contributed by atoms with E-state index in [1.54, 1.807) is 19.1 Å². The van der Waals surface area contributed by atoms with Crippen LogP contribution in [-0.4, -0.2) is 27.6 Å². The minimum absolute atomic E-state index is 0.0284. The van der Waals surface area contributed by atoms with Crippen molar-refractivity contribution in [1.29, 1.82) is 0 Å². The molecular weight excluding hydrogens is 234 g/mol. The van der Waals surface area contributed by atoms with Crippen LogP contribution in [0, 0.1) is 6.92 Å². The van der Waals surface area contributed by atoms with E-state index >= 15 is 0 Å². The molecule has 18 heavy (non-hydrogen) atoms. The number of aromatic hydroxyl groups is 1. The summed E-state index contributed by atoms with van der Waals surface area (Å²) in [4.78, 5) is 23.2. The van der Waals surface area contributed by atoms with Gasteiger partial charge in [0.15, 0.2) is 0 Å². The van der Waals surface area contributed by atoms with E-state index in [1.807, 2.05) is 0 Å². The highest BCUT2D eigenvalue weighted by Crippen LogP contribution is 2.32. The van der Waals surface area contributed by atoms with E-state index in [0.717, 1.165) is 6.42 Å². The summed E-state index contributed by atoms with van der Waals surface area (Å²) in [6.07, 6.45) is 1.70. The SMILES string of the molecule is Cc1c(O)cccc1C(=O)NC1(C(=O)O)CCC1. The number of carbonyl (C=O) groups is 2. The number of benzene rings is 1. The van der Waals surface area contributed by atoms with Crippen LogP contribution in [0.25, 0.3) is 0 Å². The van der Waals surface area contributed by atoms with Crippen molar-refractivity contribution in [3.05, 3.63) is 29.3 Å². The third-order valence-electron chi connectivity index (χ3n) is 3.52. The molecule has 96 valence electrons. The summed E-state index contributed by atoms with van der Waals surface area (Å²) < 4.78 is 0. The second kappa shape index (κ2) is 4.33. The molecule has 0 unspecified atom stereocenters. The monoisotopic (exact) mass is 249 g/mol. The van der Waals surface area contributed by atoms with Gasteiger partial charge in [0.2, 0.25) is 0 Å². The van der Waals surface area contributed by atoms with E-state index in [1.165, 1.54) is 6.07 Å². The number of nitrogens with one attached hydrogen (secondary N) is 1. The van der Waals surface area contributed by atoms with Gasteiger partial charge in [0.25, 0.3) is 5.91 Å². The van der Waals surface area contributed by atoms with Crippen molar-refractivity contribution < 1.29 is 19.8 Å². The predicted octanol–water partition coefficient (Wildman–Crippen LogP) is 1.44. The first kappa shape index (κ1) is 12.4. The molecule has 1 saturated carbocycles. The summed E-state index contributed by atoms with van der Waals surface area (Å²) >= 11 is 0. The van der Waals surface area contributed by atoms with Crippen LogP contribution in [0.3, 0.4) is 0 Å². The standard InChI is InChI=1S/C13H15NO4/c1-8-9(4-2-5-10(8)15)11(16)14-13(12(17)18)6-3-7-13/h2,4-5,15H,3,6-7H2,1H3,(H,14,16)(H,17,18). The Morgan fingerprint density at radius 2 is 2.00 bits per heavy atom. The van der Waals surface area contributed by atoms with Gasteiger partial charge >= 0.3 is 5.97 Å². The first-order chi connectivity index (χ1) is 8.46. The Bertz CT molecular complexity index is 506. The van der Waals surface area contributed by atoms with E-state index in [9.17, 15) is 14.7 Å². The van der Waals surface area contributed by atoms with Crippen LogP contribution in [0.1, 0.15) is 35.2 Å². The minimum atomic E-state index is -1.13. The lowest BCUT2D eigenvalue weighted by Gasteiger charge is -2.38. The highest BCUT2D eigenvalue weighted by molar-refractivity contribution is 5.99. The van der Waals surface area contributed by atoms with Crippen molar-refractivity contribution >= 4 is 11.9 Å². The molecule has 0 spiro atoms. The van der Waals surface area contributed by atoms with Crippen molar-refractivity contribution in [3.8, 4) is 5.75 Å². The van der Waals surface area contributed by atoms with Gasteiger partial charge in [-0.1, -0.05) is 6.07 Å². The largest absolute Gasteiger partial charge is 0.508 e. The van der Waals surface area contributed by atoms with E-state index < -0.39 is 17.4 Å². The van der Waals surface area contributed by atoms with Crippen molar-refractivity contribution in [2.45, 2.75) is 31.7 Å². The van der Waals surface area contributed by atoms with Crippen LogP contribution in [-0.2, 0) is 4.79 Å². The number of amides is 1. The van der Waals surface area contributed by atoms with E-state index in [4.69, 9.17) is 5.11 Å². The Labute approximate surface area is 104 Å². The van der Waals surface area contributed by atoms with Gasteiger partial charge in [0, 0.05) is 11.1 Å². The topological polar surface area (TPSA) is 86.6 Å². The molecule has 0 aliphatic heterocycles. The van der Waals surface area contributed by atoms with Crippen molar-refractivity contribution in [1.82, 2.24) is 5.32 Å². The zero-order valence-electron chi connectivity index (χ0n) is 10.1. The number of phenolic OH excluding ortho intramolecular Hbond substituents is 1. The zero-order chi connectivity index (χ0) is 13.3. The molecule has 0 aromatic heterocycles. The molecule has 1 aromatic rings. The fourth-order valence-corrected chi connectivity index (χ4v) is 2.08.